The normalized spacial score (nSPS) is 9.50. The standard InChI is InChI=1S/C8H9NO3/c1-5-3-9-4-6(12-2)7(5)8(10)11/h3-4H,1-2H3,(H,10,11). The Morgan fingerprint density at radius 3 is 2.67 bits per heavy atom. The first-order valence-corrected chi connectivity index (χ1v) is 3.38. The summed E-state index contributed by atoms with van der Waals surface area (Å²) in [7, 11) is 1.42. The molecule has 0 bridgehead atoms. The molecule has 64 valence electrons. The monoisotopic (exact) mass is 167 g/mol. The molecule has 4 heteroatoms. The van der Waals surface area contributed by atoms with Gasteiger partial charge < -0.3 is 9.84 Å². The molecule has 0 aromatic carbocycles. The van der Waals surface area contributed by atoms with Crippen LogP contribution in [0.2, 0.25) is 0 Å². The Labute approximate surface area is 69.8 Å². The molecule has 0 saturated heterocycles. The predicted octanol–water partition coefficient (Wildman–Crippen LogP) is 1.10. The Morgan fingerprint density at radius 2 is 2.25 bits per heavy atom. The molecular formula is C8H9NO3. The molecule has 0 aliphatic carbocycles. The second-order valence-corrected chi connectivity index (χ2v) is 2.34. The van der Waals surface area contributed by atoms with E-state index < -0.39 is 5.97 Å². The molecule has 0 fully saturated rings. The average Bonchev–Trinajstić information content (AvgIpc) is 2.03. The summed E-state index contributed by atoms with van der Waals surface area (Å²) in [6.45, 7) is 1.68. The van der Waals surface area contributed by atoms with Crippen molar-refractivity contribution in [3.05, 3.63) is 23.5 Å². The molecule has 1 aromatic heterocycles. The van der Waals surface area contributed by atoms with Crippen LogP contribution in [0.15, 0.2) is 12.4 Å². The number of hydrogen-bond acceptors (Lipinski definition) is 3. The molecule has 1 aromatic rings. The minimum absolute atomic E-state index is 0.174. The Balaban J connectivity index is 3.29. The number of ether oxygens (including phenoxy) is 1. The summed E-state index contributed by atoms with van der Waals surface area (Å²) in [5, 5.41) is 8.77. The number of carbonyl (C=O) groups is 1. The highest BCUT2D eigenvalue weighted by Gasteiger charge is 2.13. The Morgan fingerprint density at radius 1 is 1.58 bits per heavy atom. The van der Waals surface area contributed by atoms with Gasteiger partial charge in [0.25, 0.3) is 0 Å². The maximum Gasteiger partial charge on any atom is 0.339 e. The van der Waals surface area contributed by atoms with Crippen molar-refractivity contribution in [3.63, 3.8) is 0 Å². The third kappa shape index (κ3) is 1.37. The van der Waals surface area contributed by atoms with Crippen molar-refractivity contribution in [1.29, 1.82) is 0 Å². The lowest BCUT2D eigenvalue weighted by molar-refractivity contribution is 0.0692. The lowest BCUT2D eigenvalue weighted by atomic mass is 10.1. The number of aromatic carboxylic acids is 1. The number of aryl methyl sites for hydroxylation is 1. The molecule has 0 unspecified atom stereocenters. The van der Waals surface area contributed by atoms with Crippen LogP contribution in [0.4, 0.5) is 0 Å². The van der Waals surface area contributed by atoms with E-state index in [-0.39, 0.29) is 5.56 Å². The van der Waals surface area contributed by atoms with Gasteiger partial charge in [-0.3, -0.25) is 4.98 Å². The summed E-state index contributed by atoms with van der Waals surface area (Å²) >= 11 is 0. The summed E-state index contributed by atoms with van der Waals surface area (Å²) in [5.74, 6) is -0.700. The van der Waals surface area contributed by atoms with Crippen LogP contribution in [0.3, 0.4) is 0 Å². The summed E-state index contributed by atoms with van der Waals surface area (Å²) in [6, 6.07) is 0. The van der Waals surface area contributed by atoms with Crippen LogP contribution in [0.1, 0.15) is 15.9 Å². The lowest BCUT2D eigenvalue weighted by Crippen LogP contribution is -2.03. The van der Waals surface area contributed by atoms with Crippen LogP contribution in [-0.4, -0.2) is 23.2 Å². The SMILES string of the molecule is COc1cncc(C)c1C(=O)O. The molecule has 0 aliphatic rings. The third-order valence-electron chi connectivity index (χ3n) is 1.53. The maximum atomic E-state index is 10.7. The molecule has 0 amide bonds. The molecule has 1 heterocycles. The van der Waals surface area contributed by atoms with E-state index in [4.69, 9.17) is 9.84 Å². The van der Waals surface area contributed by atoms with Crippen LogP contribution in [0.5, 0.6) is 5.75 Å². The Hall–Kier alpha value is -1.58. The minimum atomic E-state index is -0.994. The van der Waals surface area contributed by atoms with E-state index in [0.29, 0.717) is 11.3 Å². The number of hydrogen-bond donors (Lipinski definition) is 1. The van der Waals surface area contributed by atoms with E-state index in [1.807, 2.05) is 0 Å². The number of carboxylic acids is 1. The van der Waals surface area contributed by atoms with Gasteiger partial charge in [0.15, 0.2) is 5.75 Å². The van der Waals surface area contributed by atoms with Crippen LogP contribution in [-0.2, 0) is 0 Å². The van der Waals surface area contributed by atoms with E-state index >= 15 is 0 Å². The van der Waals surface area contributed by atoms with Gasteiger partial charge >= 0.3 is 5.97 Å². The Kier molecular flexibility index (Phi) is 2.28. The quantitative estimate of drug-likeness (QED) is 0.716. The zero-order valence-electron chi connectivity index (χ0n) is 6.87. The van der Waals surface area contributed by atoms with E-state index in [0.717, 1.165) is 0 Å². The summed E-state index contributed by atoms with van der Waals surface area (Å²) in [4.78, 5) is 14.5. The molecule has 4 nitrogen and oxygen atoms in total. The summed E-state index contributed by atoms with van der Waals surface area (Å²) in [5.41, 5.74) is 0.773. The zero-order valence-corrected chi connectivity index (χ0v) is 6.87. The molecular weight excluding hydrogens is 158 g/mol. The van der Waals surface area contributed by atoms with Crippen molar-refractivity contribution >= 4 is 5.97 Å². The van der Waals surface area contributed by atoms with Crippen LogP contribution in [0, 0.1) is 6.92 Å². The van der Waals surface area contributed by atoms with Gasteiger partial charge in [-0.05, 0) is 12.5 Å². The van der Waals surface area contributed by atoms with Crippen molar-refractivity contribution in [2.24, 2.45) is 0 Å². The molecule has 0 spiro atoms. The fourth-order valence-electron chi connectivity index (χ4n) is 0.969. The van der Waals surface area contributed by atoms with E-state index in [9.17, 15) is 4.79 Å². The largest absolute Gasteiger partial charge is 0.494 e. The first-order chi connectivity index (χ1) is 5.66. The van der Waals surface area contributed by atoms with Gasteiger partial charge in [0.05, 0.1) is 13.3 Å². The first-order valence-electron chi connectivity index (χ1n) is 3.38. The van der Waals surface area contributed by atoms with E-state index in [1.54, 1.807) is 6.92 Å². The van der Waals surface area contributed by atoms with Gasteiger partial charge in [-0.2, -0.15) is 0 Å². The third-order valence-corrected chi connectivity index (χ3v) is 1.53. The van der Waals surface area contributed by atoms with Gasteiger partial charge in [0.2, 0.25) is 0 Å². The van der Waals surface area contributed by atoms with Crippen molar-refractivity contribution < 1.29 is 14.6 Å². The fourth-order valence-corrected chi connectivity index (χ4v) is 0.969. The number of nitrogens with zero attached hydrogens (tertiary/aromatic N) is 1. The van der Waals surface area contributed by atoms with E-state index in [2.05, 4.69) is 4.98 Å². The fraction of sp³-hybridized carbons (Fsp3) is 0.250. The van der Waals surface area contributed by atoms with Crippen LogP contribution < -0.4 is 4.74 Å². The molecule has 0 atom stereocenters. The maximum absolute atomic E-state index is 10.7. The van der Waals surface area contributed by atoms with Gasteiger partial charge in [0.1, 0.15) is 5.56 Å². The molecule has 0 aliphatic heterocycles. The summed E-state index contributed by atoms with van der Waals surface area (Å²) < 4.78 is 4.84. The highest BCUT2D eigenvalue weighted by Crippen LogP contribution is 2.19. The van der Waals surface area contributed by atoms with E-state index in [1.165, 1.54) is 19.5 Å². The van der Waals surface area contributed by atoms with Crippen molar-refractivity contribution in [2.45, 2.75) is 6.92 Å². The lowest BCUT2D eigenvalue weighted by Gasteiger charge is -2.05. The van der Waals surface area contributed by atoms with Crippen molar-refractivity contribution in [1.82, 2.24) is 4.98 Å². The summed E-state index contributed by atoms with van der Waals surface area (Å²) in [6.07, 6.45) is 2.88. The molecule has 0 saturated carbocycles. The van der Waals surface area contributed by atoms with Gasteiger partial charge in [-0.25, -0.2) is 4.79 Å². The zero-order chi connectivity index (χ0) is 9.14. The first kappa shape index (κ1) is 8.52. The molecule has 12 heavy (non-hydrogen) atoms. The second kappa shape index (κ2) is 3.21. The molecule has 1 N–H and O–H groups in total. The number of rotatable bonds is 2. The van der Waals surface area contributed by atoms with Gasteiger partial charge in [0, 0.05) is 6.20 Å². The number of carboxylic acid groups (broad SMARTS) is 1. The molecule has 0 radical (unpaired) electrons. The van der Waals surface area contributed by atoms with Crippen molar-refractivity contribution in [2.75, 3.05) is 7.11 Å². The smallest absolute Gasteiger partial charge is 0.339 e. The Bertz CT molecular complexity index is 309. The second-order valence-electron chi connectivity index (χ2n) is 2.34. The van der Waals surface area contributed by atoms with Gasteiger partial charge in [-0.1, -0.05) is 0 Å². The average molecular weight is 167 g/mol. The molecule has 1 rings (SSSR count). The van der Waals surface area contributed by atoms with Crippen LogP contribution in [0.25, 0.3) is 0 Å². The predicted molar refractivity (Wildman–Crippen MR) is 42.5 cm³/mol. The highest BCUT2D eigenvalue weighted by molar-refractivity contribution is 5.92. The topological polar surface area (TPSA) is 59.4 Å². The van der Waals surface area contributed by atoms with Crippen molar-refractivity contribution in [3.8, 4) is 5.75 Å². The number of aromatic nitrogens is 1. The number of pyridine rings is 1. The highest BCUT2D eigenvalue weighted by atomic mass is 16.5. The van der Waals surface area contributed by atoms with Gasteiger partial charge in [-0.15, -0.1) is 0 Å². The minimum Gasteiger partial charge on any atom is -0.494 e. The van der Waals surface area contributed by atoms with Crippen LogP contribution >= 0.6 is 0 Å². The number of methoxy groups -OCH3 is 1.